The van der Waals surface area contributed by atoms with Crippen LogP contribution in [-0.2, 0) is 0 Å². The molecule has 1 aromatic rings. The van der Waals surface area contributed by atoms with Crippen LogP contribution in [0.3, 0.4) is 0 Å². The molecule has 1 atom stereocenters. The van der Waals surface area contributed by atoms with Gasteiger partial charge in [-0.1, -0.05) is 0 Å². The summed E-state index contributed by atoms with van der Waals surface area (Å²) < 4.78 is 0. The van der Waals surface area contributed by atoms with Crippen LogP contribution in [0.15, 0.2) is 12.4 Å². The third-order valence-corrected chi connectivity index (χ3v) is 0.993. The lowest BCUT2D eigenvalue weighted by Crippen LogP contribution is -2.11. The van der Waals surface area contributed by atoms with Gasteiger partial charge in [-0.25, -0.2) is 0 Å². The maximum absolute atomic E-state index is 3.90. The molecule has 1 radical (unpaired) electrons. The van der Waals surface area contributed by atoms with Gasteiger partial charge in [-0.15, -0.1) is 0 Å². The van der Waals surface area contributed by atoms with Crippen molar-refractivity contribution in [2.24, 2.45) is 0 Å². The van der Waals surface area contributed by atoms with Crippen LogP contribution in [0.2, 0.25) is 0 Å². The third kappa shape index (κ3) is 1.03. The summed E-state index contributed by atoms with van der Waals surface area (Å²) in [7, 11) is 2.47. The quantitative estimate of drug-likeness (QED) is 0.385. The van der Waals surface area contributed by atoms with E-state index in [0.29, 0.717) is 0 Å². The second-order valence-electron chi connectivity index (χ2n) is 1.14. The average Bonchev–Trinajstić information content (AvgIpc) is 2.14. The van der Waals surface area contributed by atoms with Gasteiger partial charge in [0, 0.05) is 12.4 Å². The number of nitrogens with zero attached hydrogens (tertiary/aromatic N) is 1. The molecule has 2 nitrogen and oxygen atoms in total. The standard InChI is InChI=1S/C3H5BN2P/c7-4-3-5-1-2-6-3/h1-2H,7H2,(H,5,6). The first-order valence-corrected chi connectivity index (χ1v) is 2.64. The summed E-state index contributed by atoms with van der Waals surface area (Å²) in [6, 6.07) is 0. The number of hydrogen-bond donors (Lipinski definition) is 1. The number of hydrogen-bond acceptors (Lipinski definition) is 1. The predicted octanol–water partition coefficient (Wildman–Crippen LogP) is -0.471. The second-order valence-corrected chi connectivity index (χ2v) is 1.47. The van der Waals surface area contributed by atoms with Crippen molar-refractivity contribution in [3.05, 3.63) is 12.4 Å². The van der Waals surface area contributed by atoms with E-state index >= 15 is 0 Å². The fraction of sp³-hybridized carbons (Fsp3) is 0. The van der Waals surface area contributed by atoms with Gasteiger partial charge in [-0.05, 0) is 0 Å². The van der Waals surface area contributed by atoms with E-state index in [9.17, 15) is 0 Å². The molecule has 0 aliphatic heterocycles. The second kappa shape index (κ2) is 2.13. The Kier molecular flexibility index (Phi) is 1.48. The first-order valence-electron chi connectivity index (χ1n) is 1.98. The Hall–Kier alpha value is -0.295. The minimum atomic E-state index is 0.894. The number of imidazole rings is 1. The van der Waals surface area contributed by atoms with Gasteiger partial charge in [0.2, 0.25) is 7.00 Å². The molecule has 0 amide bonds. The largest absolute Gasteiger partial charge is 0.357 e. The molecule has 0 bridgehead atoms. The third-order valence-electron chi connectivity index (χ3n) is 0.677. The molecular weight excluding hydrogens is 106 g/mol. The summed E-state index contributed by atoms with van der Waals surface area (Å²) >= 11 is 0. The average molecular weight is 111 g/mol. The van der Waals surface area contributed by atoms with E-state index in [1.54, 1.807) is 12.4 Å². The first-order chi connectivity index (χ1) is 3.43. The molecule has 0 saturated carbocycles. The molecule has 1 rings (SSSR count). The monoisotopic (exact) mass is 111 g/mol. The number of rotatable bonds is 1. The van der Waals surface area contributed by atoms with Gasteiger partial charge >= 0.3 is 0 Å². The molecule has 35 valence electrons. The highest BCUT2D eigenvalue weighted by Crippen LogP contribution is 1.72. The lowest BCUT2D eigenvalue weighted by Gasteiger charge is -1.77. The number of nitrogens with one attached hydrogen (secondary N) is 1. The molecule has 1 heterocycles. The van der Waals surface area contributed by atoms with Crippen molar-refractivity contribution in [2.45, 2.75) is 0 Å². The Balaban J connectivity index is 2.76. The molecule has 1 unspecified atom stereocenters. The van der Waals surface area contributed by atoms with Crippen LogP contribution in [0.5, 0.6) is 0 Å². The Morgan fingerprint density at radius 2 is 2.71 bits per heavy atom. The fourth-order valence-corrected chi connectivity index (χ4v) is 0.551. The van der Waals surface area contributed by atoms with E-state index in [1.165, 1.54) is 0 Å². The predicted molar refractivity (Wildman–Crippen MR) is 33.7 cm³/mol. The molecular formula is C3H5BN2P. The number of H-pyrrole nitrogens is 1. The van der Waals surface area contributed by atoms with E-state index in [-0.39, 0.29) is 0 Å². The van der Waals surface area contributed by atoms with E-state index in [2.05, 4.69) is 19.1 Å². The van der Waals surface area contributed by atoms with Gasteiger partial charge in [-0.2, -0.15) is 9.12 Å². The van der Waals surface area contributed by atoms with Crippen LogP contribution in [-0.4, -0.2) is 17.0 Å². The van der Waals surface area contributed by atoms with Gasteiger partial charge < -0.3 is 4.98 Å². The van der Waals surface area contributed by atoms with Crippen LogP contribution in [0.1, 0.15) is 0 Å². The normalized spacial score (nSPS) is 8.71. The van der Waals surface area contributed by atoms with Crippen molar-refractivity contribution in [3.63, 3.8) is 0 Å². The van der Waals surface area contributed by atoms with Gasteiger partial charge in [-0.3, -0.25) is 4.98 Å². The van der Waals surface area contributed by atoms with Crippen molar-refractivity contribution < 1.29 is 0 Å². The molecule has 1 aromatic heterocycles. The zero-order chi connectivity index (χ0) is 5.11. The topological polar surface area (TPSA) is 28.7 Å². The summed E-state index contributed by atoms with van der Waals surface area (Å²) in [5.41, 5.74) is 0.894. The van der Waals surface area contributed by atoms with Gasteiger partial charge in [0.15, 0.2) is 0 Å². The van der Waals surface area contributed by atoms with Crippen molar-refractivity contribution in [3.8, 4) is 0 Å². The number of aromatic nitrogens is 2. The van der Waals surface area contributed by atoms with Crippen LogP contribution in [0, 0.1) is 0 Å². The maximum atomic E-state index is 3.90. The Labute approximate surface area is 45.1 Å². The van der Waals surface area contributed by atoms with Crippen molar-refractivity contribution in [1.82, 2.24) is 9.97 Å². The summed E-state index contributed by atoms with van der Waals surface area (Å²) in [6.07, 6.45) is 3.51. The summed E-state index contributed by atoms with van der Waals surface area (Å²) in [6.45, 7) is 1.83. The lowest BCUT2D eigenvalue weighted by molar-refractivity contribution is 1.41. The molecule has 0 fully saturated rings. The zero-order valence-corrected chi connectivity index (χ0v) is 4.91. The van der Waals surface area contributed by atoms with Gasteiger partial charge in [0.25, 0.3) is 0 Å². The molecule has 7 heavy (non-hydrogen) atoms. The SMILES string of the molecule is P[B]c1ncc[nH]1. The Bertz CT molecular complexity index is 127. The smallest absolute Gasteiger partial charge is 0.228 e. The highest BCUT2D eigenvalue weighted by atomic mass is 31.0. The fourth-order valence-electron chi connectivity index (χ4n) is 0.369. The van der Waals surface area contributed by atoms with Crippen LogP contribution >= 0.6 is 9.12 Å². The molecule has 0 aromatic carbocycles. The van der Waals surface area contributed by atoms with Crippen molar-refractivity contribution >= 4 is 21.8 Å². The Morgan fingerprint density at radius 3 is 3.00 bits per heavy atom. The van der Waals surface area contributed by atoms with E-state index < -0.39 is 0 Å². The molecule has 4 heteroatoms. The zero-order valence-electron chi connectivity index (χ0n) is 3.76. The van der Waals surface area contributed by atoms with E-state index in [0.717, 1.165) is 5.72 Å². The van der Waals surface area contributed by atoms with Crippen molar-refractivity contribution in [2.75, 3.05) is 0 Å². The molecule has 0 spiro atoms. The van der Waals surface area contributed by atoms with Crippen LogP contribution < -0.4 is 5.72 Å². The molecule has 0 aliphatic rings. The molecule has 1 N–H and O–H groups in total. The highest BCUT2D eigenvalue weighted by Gasteiger charge is 1.85. The molecule has 0 saturated heterocycles. The first kappa shape index (κ1) is 4.85. The summed E-state index contributed by atoms with van der Waals surface area (Å²) in [5.74, 6) is 0. The molecule has 0 aliphatic carbocycles. The summed E-state index contributed by atoms with van der Waals surface area (Å²) in [4.78, 5) is 6.80. The van der Waals surface area contributed by atoms with Crippen LogP contribution in [0.4, 0.5) is 0 Å². The van der Waals surface area contributed by atoms with E-state index in [1.807, 2.05) is 7.00 Å². The van der Waals surface area contributed by atoms with Crippen LogP contribution in [0.25, 0.3) is 0 Å². The minimum absolute atomic E-state index is 0.894. The summed E-state index contributed by atoms with van der Waals surface area (Å²) in [5, 5.41) is 0. The Morgan fingerprint density at radius 1 is 1.86 bits per heavy atom. The number of aromatic amines is 1. The van der Waals surface area contributed by atoms with Gasteiger partial charge in [0.1, 0.15) is 0 Å². The van der Waals surface area contributed by atoms with E-state index in [4.69, 9.17) is 0 Å². The van der Waals surface area contributed by atoms with Gasteiger partial charge in [0.05, 0.1) is 5.72 Å². The lowest BCUT2D eigenvalue weighted by atomic mass is 10.1. The highest BCUT2D eigenvalue weighted by molar-refractivity contribution is 7.58. The maximum Gasteiger partial charge on any atom is 0.228 e. The minimum Gasteiger partial charge on any atom is -0.357 e. The van der Waals surface area contributed by atoms with Crippen molar-refractivity contribution in [1.29, 1.82) is 0 Å².